The molecule has 0 N–H and O–H groups in total. The van der Waals surface area contributed by atoms with E-state index in [4.69, 9.17) is 4.18 Å². The molecule has 1 saturated heterocycles. The summed E-state index contributed by atoms with van der Waals surface area (Å²) in [5.41, 5.74) is 1.24. The average molecular weight is 255 g/mol. The van der Waals surface area contributed by atoms with Gasteiger partial charge in [0.15, 0.2) is 0 Å². The fourth-order valence-corrected chi connectivity index (χ4v) is 2.65. The van der Waals surface area contributed by atoms with Gasteiger partial charge in [0.25, 0.3) is 10.1 Å². The second-order valence-electron chi connectivity index (χ2n) is 4.46. The SMILES string of the molecule is CC(c1ccccc1)N1CC(OS(C)(=O)=O)C1. The molecule has 0 radical (unpaired) electrons. The van der Waals surface area contributed by atoms with Crippen molar-refractivity contribution < 1.29 is 12.6 Å². The number of rotatable bonds is 4. The molecule has 0 bridgehead atoms. The Bertz CT molecular complexity index is 466. The van der Waals surface area contributed by atoms with Gasteiger partial charge >= 0.3 is 0 Å². The molecule has 0 aliphatic carbocycles. The first-order valence-electron chi connectivity index (χ1n) is 5.63. The van der Waals surface area contributed by atoms with Crippen LogP contribution in [0, 0.1) is 0 Å². The normalized spacial score (nSPS) is 19.9. The number of benzene rings is 1. The molecule has 1 heterocycles. The Morgan fingerprint density at radius 2 is 1.88 bits per heavy atom. The van der Waals surface area contributed by atoms with E-state index in [0.717, 1.165) is 6.26 Å². The number of likely N-dealkylation sites (tertiary alicyclic amines) is 1. The molecule has 1 aromatic rings. The van der Waals surface area contributed by atoms with Crippen LogP contribution in [-0.2, 0) is 14.3 Å². The van der Waals surface area contributed by atoms with Gasteiger partial charge < -0.3 is 0 Å². The lowest BCUT2D eigenvalue weighted by atomic mass is 10.0. The Morgan fingerprint density at radius 1 is 1.29 bits per heavy atom. The van der Waals surface area contributed by atoms with Gasteiger partial charge in [-0.05, 0) is 12.5 Å². The smallest absolute Gasteiger partial charge is 0.264 e. The third-order valence-corrected chi connectivity index (χ3v) is 3.64. The third kappa shape index (κ3) is 3.28. The molecule has 0 spiro atoms. The lowest BCUT2D eigenvalue weighted by Crippen LogP contribution is -2.53. The minimum Gasteiger partial charge on any atom is -0.291 e. The molecule has 0 saturated carbocycles. The van der Waals surface area contributed by atoms with Crippen molar-refractivity contribution in [3.63, 3.8) is 0 Å². The second-order valence-corrected chi connectivity index (χ2v) is 6.06. The zero-order chi connectivity index (χ0) is 12.5. The van der Waals surface area contributed by atoms with Gasteiger partial charge in [0.05, 0.1) is 6.26 Å². The first kappa shape index (κ1) is 12.5. The predicted octanol–water partition coefficient (Wildman–Crippen LogP) is 1.41. The van der Waals surface area contributed by atoms with Crippen molar-refractivity contribution in [1.29, 1.82) is 0 Å². The molecule has 1 atom stereocenters. The van der Waals surface area contributed by atoms with Gasteiger partial charge in [-0.3, -0.25) is 9.08 Å². The van der Waals surface area contributed by atoms with Crippen LogP contribution in [-0.4, -0.2) is 38.8 Å². The van der Waals surface area contributed by atoms with E-state index < -0.39 is 10.1 Å². The van der Waals surface area contributed by atoms with Crippen molar-refractivity contribution in [2.24, 2.45) is 0 Å². The first-order valence-corrected chi connectivity index (χ1v) is 7.44. The molecule has 5 heteroatoms. The fraction of sp³-hybridized carbons (Fsp3) is 0.500. The maximum atomic E-state index is 10.9. The molecule has 4 nitrogen and oxygen atoms in total. The van der Waals surface area contributed by atoms with Gasteiger partial charge in [-0.15, -0.1) is 0 Å². The topological polar surface area (TPSA) is 46.6 Å². The van der Waals surface area contributed by atoms with Gasteiger partial charge in [-0.2, -0.15) is 8.42 Å². The molecule has 2 rings (SSSR count). The molecule has 1 aliphatic heterocycles. The van der Waals surface area contributed by atoms with E-state index in [0.29, 0.717) is 19.1 Å². The highest BCUT2D eigenvalue weighted by Crippen LogP contribution is 2.26. The van der Waals surface area contributed by atoms with Crippen LogP contribution in [0.2, 0.25) is 0 Å². The summed E-state index contributed by atoms with van der Waals surface area (Å²) >= 11 is 0. The number of hydrogen-bond acceptors (Lipinski definition) is 4. The highest BCUT2D eigenvalue weighted by Gasteiger charge is 2.33. The zero-order valence-electron chi connectivity index (χ0n) is 10.0. The van der Waals surface area contributed by atoms with E-state index in [-0.39, 0.29) is 6.10 Å². The number of hydrogen-bond donors (Lipinski definition) is 0. The van der Waals surface area contributed by atoms with Gasteiger partial charge in [0, 0.05) is 19.1 Å². The van der Waals surface area contributed by atoms with Crippen molar-refractivity contribution >= 4 is 10.1 Å². The minimum atomic E-state index is -3.32. The van der Waals surface area contributed by atoms with Crippen molar-refractivity contribution in [2.75, 3.05) is 19.3 Å². The Morgan fingerprint density at radius 3 is 2.41 bits per heavy atom. The first-order chi connectivity index (χ1) is 7.96. The molecule has 1 aliphatic rings. The van der Waals surface area contributed by atoms with E-state index in [1.165, 1.54) is 5.56 Å². The van der Waals surface area contributed by atoms with Crippen LogP contribution < -0.4 is 0 Å². The molecule has 1 aromatic carbocycles. The summed E-state index contributed by atoms with van der Waals surface area (Å²) in [6, 6.07) is 10.5. The maximum absolute atomic E-state index is 10.9. The van der Waals surface area contributed by atoms with Crippen LogP contribution in [0.5, 0.6) is 0 Å². The summed E-state index contributed by atoms with van der Waals surface area (Å²) < 4.78 is 26.8. The molecule has 17 heavy (non-hydrogen) atoms. The summed E-state index contributed by atoms with van der Waals surface area (Å²) in [6.45, 7) is 3.46. The van der Waals surface area contributed by atoms with Crippen LogP contribution in [0.15, 0.2) is 30.3 Å². The summed E-state index contributed by atoms with van der Waals surface area (Å²) in [5, 5.41) is 0. The van der Waals surface area contributed by atoms with Crippen LogP contribution >= 0.6 is 0 Å². The van der Waals surface area contributed by atoms with Crippen molar-refractivity contribution in [3.05, 3.63) is 35.9 Å². The Balaban J connectivity index is 1.88. The Labute approximate surface area is 102 Å². The van der Waals surface area contributed by atoms with Gasteiger partial charge in [-0.25, -0.2) is 0 Å². The van der Waals surface area contributed by atoms with Gasteiger partial charge in [0.2, 0.25) is 0 Å². The van der Waals surface area contributed by atoms with E-state index >= 15 is 0 Å². The van der Waals surface area contributed by atoms with E-state index in [1.807, 2.05) is 18.2 Å². The highest BCUT2D eigenvalue weighted by atomic mass is 32.2. The highest BCUT2D eigenvalue weighted by molar-refractivity contribution is 7.86. The van der Waals surface area contributed by atoms with Crippen LogP contribution in [0.1, 0.15) is 18.5 Å². The third-order valence-electron chi connectivity index (χ3n) is 3.02. The maximum Gasteiger partial charge on any atom is 0.264 e. The quantitative estimate of drug-likeness (QED) is 0.763. The standard InChI is InChI=1S/C12H17NO3S/c1-10(11-6-4-3-5-7-11)13-8-12(9-13)16-17(2,14)15/h3-7,10,12H,8-9H2,1-2H3. The molecular formula is C12H17NO3S. The van der Waals surface area contributed by atoms with Crippen molar-refractivity contribution in [2.45, 2.75) is 19.1 Å². The van der Waals surface area contributed by atoms with E-state index in [1.54, 1.807) is 0 Å². The number of nitrogens with zero attached hydrogens (tertiary/aromatic N) is 1. The van der Waals surface area contributed by atoms with E-state index in [2.05, 4.69) is 24.0 Å². The molecule has 0 aromatic heterocycles. The van der Waals surface area contributed by atoms with Gasteiger partial charge in [0.1, 0.15) is 6.10 Å². The lowest BCUT2D eigenvalue weighted by Gasteiger charge is -2.42. The fourth-order valence-electron chi connectivity index (χ4n) is 2.04. The molecule has 1 fully saturated rings. The summed E-state index contributed by atoms with van der Waals surface area (Å²) in [6.07, 6.45) is 0.909. The monoisotopic (exact) mass is 255 g/mol. The van der Waals surface area contributed by atoms with Crippen LogP contribution in [0.25, 0.3) is 0 Å². The summed E-state index contributed by atoms with van der Waals surface area (Å²) in [5.74, 6) is 0. The molecule has 1 unspecified atom stereocenters. The summed E-state index contributed by atoms with van der Waals surface area (Å²) in [7, 11) is -3.32. The van der Waals surface area contributed by atoms with E-state index in [9.17, 15) is 8.42 Å². The molecular weight excluding hydrogens is 238 g/mol. The minimum absolute atomic E-state index is 0.184. The van der Waals surface area contributed by atoms with Gasteiger partial charge in [-0.1, -0.05) is 30.3 Å². The Hall–Kier alpha value is -0.910. The largest absolute Gasteiger partial charge is 0.291 e. The van der Waals surface area contributed by atoms with Crippen LogP contribution in [0.4, 0.5) is 0 Å². The summed E-state index contributed by atoms with van der Waals surface area (Å²) in [4.78, 5) is 2.20. The second kappa shape index (κ2) is 4.76. The average Bonchev–Trinajstić information content (AvgIpc) is 2.22. The predicted molar refractivity (Wildman–Crippen MR) is 66.1 cm³/mol. The zero-order valence-corrected chi connectivity index (χ0v) is 10.9. The van der Waals surface area contributed by atoms with Crippen LogP contribution in [0.3, 0.4) is 0 Å². The molecule has 0 amide bonds. The molecule has 94 valence electrons. The van der Waals surface area contributed by atoms with Crippen molar-refractivity contribution in [1.82, 2.24) is 4.90 Å². The lowest BCUT2D eigenvalue weighted by molar-refractivity contribution is -0.000951. The Kier molecular flexibility index (Phi) is 3.51. The van der Waals surface area contributed by atoms with Crippen molar-refractivity contribution in [3.8, 4) is 0 Å².